The van der Waals surface area contributed by atoms with Gasteiger partial charge >= 0.3 is 0 Å². The van der Waals surface area contributed by atoms with E-state index in [0.29, 0.717) is 6.04 Å². The third kappa shape index (κ3) is 0.896. The zero-order valence-corrected chi connectivity index (χ0v) is 7.04. The van der Waals surface area contributed by atoms with E-state index in [1.165, 1.54) is 0 Å². The zero-order chi connectivity index (χ0) is 6.97. The molecule has 1 saturated heterocycles. The van der Waals surface area contributed by atoms with E-state index in [9.17, 15) is 0 Å². The molecule has 10 heavy (non-hydrogen) atoms. The second-order valence-electron chi connectivity index (χ2n) is 2.43. The maximum absolute atomic E-state index is 5.07. The van der Waals surface area contributed by atoms with Crippen LogP contribution in [0.15, 0.2) is 22.9 Å². The Kier molecular flexibility index (Phi) is 1.54. The quantitative estimate of drug-likeness (QED) is 0.677. The molecule has 3 heteroatoms. The van der Waals surface area contributed by atoms with Crippen LogP contribution in [0.4, 0.5) is 0 Å². The molecule has 54 valence electrons. The van der Waals surface area contributed by atoms with E-state index in [1.54, 1.807) is 0 Å². The number of hydrogen-bond acceptors (Lipinski definition) is 1. The van der Waals surface area contributed by atoms with Crippen molar-refractivity contribution < 1.29 is 4.74 Å². The molecule has 0 unspecified atom stereocenters. The number of aromatic nitrogens is 1. The lowest BCUT2D eigenvalue weighted by Gasteiger charge is -2.28. The summed E-state index contributed by atoms with van der Waals surface area (Å²) in [7, 11) is 0. The van der Waals surface area contributed by atoms with Crippen molar-refractivity contribution in [2.75, 3.05) is 13.2 Å². The van der Waals surface area contributed by atoms with Crippen LogP contribution in [0.25, 0.3) is 0 Å². The van der Waals surface area contributed by atoms with Crippen molar-refractivity contribution >= 4 is 15.9 Å². The highest BCUT2D eigenvalue weighted by atomic mass is 79.9. The summed E-state index contributed by atoms with van der Waals surface area (Å²) < 4.78 is 8.40. The minimum absolute atomic E-state index is 0.560. The van der Waals surface area contributed by atoms with E-state index < -0.39 is 0 Å². The molecule has 0 bridgehead atoms. The molecular formula is C7H8BrNO. The minimum Gasteiger partial charge on any atom is -0.377 e. The van der Waals surface area contributed by atoms with Crippen LogP contribution in [-0.2, 0) is 4.74 Å². The van der Waals surface area contributed by atoms with Crippen molar-refractivity contribution in [2.45, 2.75) is 6.04 Å². The van der Waals surface area contributed by atoms with E-state index in [2.05, 4.69) is 26.7 Å². The Balaban J connectivity index is 2.23. The second kappa shape index (κ2) is 2.40. The van der Waals surface area contributed by atoms with E-state index in [0.717, 1.165) is 17.8 Å². The third-order valence-corrected chi connectivity index (χ3v) is 2.41. The molecule has 1 aliphatic rings. The average molecular weight is 202 g/mol. The zero-order valence-electron chi connectivity index (χ0n) is 5.46. The lowest BCUT2D eigenvalue weighted by molar-refractivity contribution is -0.0240. The second-order valence-corrected chi connectivity index (χ2v) is 3.24. The standard InChI is InChI=1S/C7H8BrNO/c8-7-2-1-3-9(7)6-4-10-5-6/h1-3,6H,4-5H2. The molecule has 0 spiro atoms. The SMILES string of the molecule is Brc1cccn1C1COC1. The molecule has 2 heterocycles. The first-order chi connectivity index (χ1) is 4.88. The molecular weight excluding hydrogens is 194 g/mol. The predicted octanol–water partition coefficient (Wildman–Crippen LogP) is 1.82. The van der Waals surface area contributed by atoms with Gasteiger partial charge in [0.1, 0.15) is 0 Å². The molecule has 0 N–H and O–H groups in total. The van der Waals surface area contributed by atoms with Gasteiger partial charge in [-0.15, -0.1) is 0 Å². The maximum Gasteiger partial charge on any atom is 0.0850 e. The van der Waals surface area contributed by atoms with Gasteiger partial charge in [0.05, 0.1) is 23.9 Å². The molecule has 0 radical (unpaired) electrons. The van der Waals surface area contributed by atoms with Crippen LogP contribution < -0.4 is 0 Å². The van der Waals surface area contributed by atoms with Gasteiger partial charge in [0, 0.05) is 6.20 Å². The van der Waals surface area contributed by atoms with Gasteiger partial charge in [-0.1, -0.05) is 0 Å². The normalized spacial score (nSPS) is 18.9. The smallest absolute Gasteiger partial charge is 0.0850 e. The summed E-state index contributed by atoms with van der Waals surface area (Å²) in [5.74, 6) is 0. The Morgan fingerprint density at radius 3 is 2.80 bits per heavy atom. The highest BCUT2D eigenvalue weighted by Gasteiger charge is 2.20. The predicted molar refractivity (Wildman–Crippen MR) is 42.0 cm³/mol. The molecule has 1 aromatic heterocycles. The molecule has 2 rings (SSSR count). The van der Waals surface area contributed by atoms with Crippen molar-refractivity contribution in [3.63, 3.8) is 0 Å². The van der Waals surface area contributed by atoms with Gasteiger partial charge in [0.25, 0.3) is 0 Å². The molecule has 2 nitrogen and oxygen atoms in total. The first-order valence-corrected chi connectivity index (χ1v) is 4.07. The van der Waals surface area contributed by atoms with E-state index in [-0.39, 0.29) is 0 Å². The van der Waals surface area contributed by atoms with Crippen LogP contribution >= 0.6 is 15.9 Å². The van der Waals surface area contributed by atoms with Gasteiger partial charge in [0.2, 0.25) is 0 Å². The summed E-state index contributed by atoms with van der Waals surface area (Å²) in [5, 5.41) is 0. The first kappa shape index (κ1) is 6.43. The van der Waals surface area contributed by atoms with E-state index >= 15 is 0 Å². The summed E-state index contributed by atoms with van der Waals surface area (Å²) in [6, 6.07) is 4.63. The molecule has 1 fully saturated rings. The average Bonchev–Trinajstić information content (AvgIpc) is 2.12. The molecule has 1 aliphatic heterocycles. The minimum atomic E-state index is 0.560. The molecule has 0 saturated carbocycles. The van der Waals surface area contributed by atoms with Crippen LogP contribution in [-0.4, -0.2) is 17.8 Å². The Morgan fingerprint density at radius 1 is 1.60 bits per heavy atom. The lowest BCUT2D eigenvalue weighted by atomic mass is 10.2. The monoisotopic (exact) mass is 201 g/mol. The molecule has 0 aromatic carbocycles. The molecule has 1 aromatic rings. The van der Waals surface area contributed by atoms with Gasteiger partial charge in [-0.05, 0) is 28.1 Å². The number of hydrogen-bond donors (Lipinski definition) is 0. The highest BCUT2D eigenvalue weighted by molar-refractivity contribution is 9.10. The van der Waals surface area contributed by atoms with Crippen molar-refractivity contribution in [1.82, 2.24) is 4.57 Å². The number of rotatable bonds is 1. The van der Waals surface area contributed by atoms with Crippen molar-refractivity contribution in [1.29, 1.82) is 0 Å². The topological polar surface area (TPSA) is 14.2 Å². The van der Waals surface area contributed by atoms with E-state index in [4.69, 9.17) is 4.74 Å². The van der Waals surface area contributed by atoms with Crippen LogP contribution in [0.3, 0.4) is 0 Å². The van der Waals surface area contributed by atoms with Crippen molar-refractivity contribution in [3.8, 4) is 0 Å². The number of ether oxygens (including phenoxy) is 1. The lowest BCUT2D eigenvalue weighted by Crippen LogP contribution is -2.30. The summed E-state index contributed by atoms with van der Waals surface area (Å²) in [6.45, 7) is 1.71. The van der Waals surface area contributed by atoms with Crippen molar-refractivity contribution in [2.24, 2.45) is 0 Å². The van der Waals surface area contributed by atoms with Crippen molar-refractivity contribution in [3.05, 3.63) is 22.9 Å². The number of nitrogens with zero attached hydrogens (tertiary/aromatic N) is 1. The third-order valence-electron chi connectivity index (χ3n) is 1.74. The molecule has 0 atom stereocenters. The van der Waals surface area contributed by atoms with Gasteiger partial charge in [-0.2, -0.15) is 0 Å². The van der Waals surface area contributed by atoms with Crippen LogP contribution in [0, 0.1) is 0 Å². The summed E-state index contributed by atoms with van der Waals surface area (Å²) in [6.07, 6.45) is 2.07. The summed E-state index contributed by atoms with van der Waals surface area (Å²) in [4.78, 5) is 0. The Bertz CT molecular complexity index is 229. The first-order valence-electron chi connectivity index (χ1n) is 3.28. The Hall–Kier alpha value is -0.280. The summed E-state index contributed by atoms with van der Waals surface area (Å²) in [5.41, 5.74) is 0. The molecule has 0 aliphatic carbocycles. The van der Waals surface area contributed by atoms with Gasteiger partial charge in [0.15, 0.2) is 0 Å². The van der Waals surface area contributed by atoms with Crippen LogP contribution in [0.5, 0.6) is 0 Å². The largest absolute Gasteiger partial charge is 0.377 e. The Morgan fingerprint density at radius 2 is 2.40 bits per heavy atom. The van der Waals surface area contributed by atoms with Gasteiger partial charge in [-0.3, -0.25) is 0 Å². The fraction of sp³-hybridized carbons (Fsp3) is 0.429. The van der Waals surface area contributed by atoms with Gasteiger partial charge < -0.3 is 9.30 Å². The fourth-order valence-corrected chi connectivity index (χ4v) is 1.61. The Labute approximate surface area is 67.9 Å². The van der Waals surface area contributed by atoms with E-state index in [1.807, 2.05) is 12.1 Å². The molecule has 0 amide bonds. The van der Waals surface area contributed by atoms with Crippen LogP contribution in [0.1, 0.15) is 6.04 Å². The maximum atomic E-state index is 5.07. The van der Waals surface area contributed by atoms with Crippen LogP contribution in [0.2, 0.25) is 0 Å². The number of halogens is 1. The summed E-state index contributed by atoms with van der Waals surface area (Å²) >= 11 is 3.45. The fourth-order valence-electron chi connectivity index (χ4n) is 1.05. The van der Waals surface area contributed by atoms with Gasteiger partial charge in [-0.25, -0.2) is 0 Å². The highest BCUT2D eigenvalue weighted by Crippen LogP contribution is 2.22.